The monoisotopic (exact) mass is 286 g/mol. The van der Waals surface area contributed by atoms with Gasteiger partial charge in [-0.1, -0.05) is 41.9 Å². The van der Waals surface area contributed by atoms with E-state index in [0.29, 0.717) is 12.1 Å². The molecule has 0 aliphatic carbocycles. The first kappa shape index (κ1) is 13.3. The molecule has 0 radical (unpaired) electrons. The number of nitrogens with zero attached hydrogens (tertiary/aromatic N) is 1. The zero-order valence-corrected chi connectivity index (χ0v) is 12.6. The molecule has 0 saturated carbocycles. The number of anilines is 2. The summed E-state index contributed by atoms with van der Waals surface area (Å²) in [7, 11) is 0. The molecule has 1 heterocycles. The Hall–Kier alpha value is -1.67. The topological polar surface area (TPSA) is 15.3 Å². The van der Waals surface area contributed by atoms with Crippen LogP contribution in [-0.4, -0.2) is 12.6 Å². The molecule has 2 nitrogen and oxygen atoms in total. The highest BCUT2D eigenvalue weighted by Crippen LogP contribution is 2.38. The molecule has 0 saturated heterocycles. The fourth-order valence-corrected chi connectivity index (χ4v) is 2.92. The van der Waals surface area contributed by atoms with Crippen LogP contribution in [0.15, 0.2) is 48.5 Å². The van der Waals surface area contributed by atoms with E-state index in [1.807, 2.05) is 12.1 Å². The highest BCUT2D eigenvalue weighted by molar-refractivity contribution is 6.31. The molecule has 1 atom stereocenters. The standard InChI is InChI=1S/C17H19ClN2/c1-12(2)20-11-16(13-6-4-3-5-7-13)19-15-9-8-14(18)10-17(15)20/h3-10,12,16,19H,11H2,1-2H3/t16-/m1/s1. The third-order valence-corrected chi connectivity index (χ3v) is 4.04. The molecule has 104 valence electrons. The number of rotatable bonds is 2. The first-order valence-corrected chi connectivity index (χ1v) is 7.40. The fourth-order valence-electron chi connectivity index (χ4n) is 2.76. The van der Waals surface area contributed by atoms with E-state index in [9.17, 15) is 0 Å². The molecule has 20 heavy (non-hydrogen) atoms. The third kappa shape index (κ3) is 2.48. The van der Waals surface area contributed by atoms with Crippen molar-refractivity contribution in [1.29, 1.82) is 0 Å². The normalized spacial score (nSPS) is 17.8. The Morgan fingerprint density at radius 1 is 1.15 bits per heavy atom. The van der Waals surface area contributed by atoms with Crippen molar-refractivity contribution in [2.45, 2.75) is 25.9 Å². The number of hydrogen-bond donors (Lipinski definition) is 1. The van der Waals surface area contributed by atoms with E-state index in [1.165, 1.54) is 11.3 Å². The van der Waals surface area contributed by atoms with Crippen LogP contribution in [0.3, 0.4) is 0 Å². The van der Waals surface area contributed by atoms with Crippen LogP contribution in [0.5, 0.6) is 0 Å². The average Bonchev–Trinajstić information content (AvgIpc) is 2.47. The Balaban J connectivity index is 1.99. The van der Waals surface area contributed by atoms with Crippen LogP contribution < -0.4 is 10.2 Å². The minimum Gasteiger partial charge on any atom is -0.375 e. The van der Waals surface area contributed by atoms with E-state index < -0.39 is 0 Å². The molecule has 0 amide bonds. The molecule has 0 unspecified atom stereocenters. The summed E-state index contributed by atoms with van der Waals surface area (Å²) < 4.78 is 0. The Labute approximate surface area is 125 Å². The summed E-state index contributed by atoms with van der Waals surface area (Å²) in [6.45, 7) is 5.39. The highest BCUT2D eigenvalue weighted by Gasteiger charge is 2.26. The summed E-state index contributed by atoms with van der Waals surface area (Å²) in [6, 6.07) is 17.4. The van der Waals surface area contributed by atoms with Gasteiger partial charge in [-0.2, -0.15) is 0 Å². The van der Waals surface area contributed by atoms with Crippen molar-refractivity contribution >= 4 is 23.0 Å². The molecular weight excluding hydrogens is 268 g/mol. The first-order valence-electron chi connectivity index (χ1n) is 7.03. The SMILES string of the molecule is CC(C)N1C[C@H](c2ccccc2)Nc2ccc(Cl)cc21. The number of benzene rings is 2. The van der Waals surface area contributed by atoms with Gasteiger partial charge in [-0.15, -0.1) is 0 Å². The number of fused-ring (bicyclic) bond motifs is 1. The van der Waals surface area contributed by atoms with E-state index in [2.05, 4.69) is 60.5 Å². The Morgan fingerprint density at radius 2 is 1.90 bits per heavy atom. The predicted octanol–water partition coefficient (Wildman–Crippen LogP) is 4.72. The zero-order valence-electron chi connectivity index (χ0n) is 11.8. The van der Waals surface area contributed by atoms with Crippen molar-refractivity contribution < 1.29 is 0 Å². The van der Waals surface area contributed by atoms with Gasteiger partial charge in [-0.05, 0) is 37.6 Å². The Morgan fingerprint density at radius 3 is 2.60 bits per heavy atom. The lowest BCUT2D eigenvalue weighted by Crippen LogP contribution is -2.40. The van der Waals surface area contributed by atoms with Crippen molar-refractivity contribution in [3.05, 3.63) is 59.1 Å². The summed E-state index contributed by atoms with van der Waals surface area (Å²) in [5.41, 5.74) is 3.67. The fraction of sp³-hybridized carbons (Fsp3) is 0.294. The van der Waals surface area contributed by atoms with Crippen LogP contribution in [0, 0.1) is 0 Å². The molecule has 0 spiro atoms. The van der Waals surface area contributed by atoms with Crippen molar-refractivity contribution in [3.63, 3.8) is 0 Å². The lowest BCUT2D eigenvalue weighted by atomic mass is 10.0. The molecule has 2 aromatic rings. The van der Waals surface area contributed by atoms with Crippen molar-refractivity contribution in [1.82, 2.24) is 0 Å². The molecular formula is C17H19ClN2. The molecule has 1 aliphatic rings. The molecule has 0 aromatic heterocycles. The molecule has 1 aliphatic heterocycles. The molecule has 3 rings (SSSR count). The van der Waals surface area contributed by atoms with Crippen molar-refractivity contribution in [2.75, 3.05) is 16.8 Å². The first-order chi connectivity index (χ1) is 9.65. The van der Waals surface area contributed by atoms with Crippen LogP contribution in [0.2, 0.25) is 5.02 Å². The van der Waals surface area contributed by atoms with Gasteiger partial charge in [0, 0.05) is 17.6 Å². The van der Waals surface area contributed by atoms with Crippen LogP contribution in [0.25, 0.3) is 0 Å². The minimum atomic E-state index is 0.312. The zero-order chi connectivity index (χ0) is 14.1. The minimum absolute atomic E-state index is 0.312. The Kier molecular flexibility index (Phi) is 3.58. The lowest BCUT2D eigenvalue weighted by molar-refractivity contribution is 0.617. The smallest absolute Gasteiger partial charge is 0.0689 e. The van der Waals surface area contributed by atoms with Crippen LogP contribution in [0.1, 0.15) is 25.5 Å². The van der Waals surface area contributed by atoms with Gasteiger partial charge < -0.3 is 10.2 Å². The van der Waals surface area contributed by atoms with Gasteiger partial charge in [0.25, 0.3) is 0 Å². The van der Waals surface area contributed by atoms with Gasteiger partial charge in [0.15, 0.2) is 0 Å². The highest BCUT2D eigenvalue weighted by atomic mass is 35.5. The van der Waals surface area contributed by atoms with Gasteiger partial charge in [-0.25, -0.2) is 0 Å². The average molecular weight is 287 g/mol. The van der Waals surface area contributed by atoms with E-state index >= 15 is 0 Å². The van der Waals surface area contributed by atoms with E-state index in [-0.39, 0.29) is 0 Å². The maximum absolute atomic E-state index is 6.15. The Bertz CT molecular complexity index is 595. The maximum atomic E-state index is 6.15. The summed E-state index contributed by atoms with van der Waals surface area (Å²) in [5.74, 6) is 0. The maximum Gasteiger partial charge on any atom is 0.0689 e. The summed E-state index contributed by atoms with van der Waals surface area (Å²) in [6.07, 6.45) is 0. The van der Waals surface area contributed by atoms with Crippen molar-refractivity contribution in [3.8, 4) is 0 Å². The van der Waals surface area contributed by atoms with Gasteiger partial charge in [-0.3, -0.25) is 0 Å². The largest absolute Gasteiger partial charge is 0.375 e. The molecule has 1 N–H and O–H groups in total. The van der Waals surface area contributed by atoms with Crippen molar-refractivity contribution in [2.24, 2.45) is 0 Å². The summed E-state index contributed by atoms with van der Waals surface area (Å²) in [4.78, 5) is 2.41. The predicted molar refractivity (Wildman–Crippen MR) is 86.7 cm³/mol. The van der Waals surface area contributed by atoms with Crippen LogP contribution in [-0.2, 0) is 0 Å². The van der Waals surface area contributed by atoms with Gasteiger partial charge in [0.05, 0.1) is 17.4 Å². The third-order valence-electron chi connectivity index (χ3n) is 3.80. The molecule has 0 bridgehead atoms. The second-order valence-electron chi connectivity index (χ2n) is 5.52. The number of nitrogens with one attached hydrogen (secondary N) is 1. The number of hydrogen-bond acceptors (Lipinski definition) is 2. The van der Waals surface area contributed by atoms with Crippen LogP contribution in [0.4, 0.5) is 11.4 Å². The quantitative estimate of drug-likeness (QED) is 0.859. The van der Waals surface area contributed by atoms with E-state index in [0.717, 1.165) is 17.3 Å². The summed E-state index contributed by atoms with van der Waals surface area (Å²) in [5, 5.41) is 4.41. The van der Waals surface area contributed by atoms with Gasteiger partial charge >= 0.3 is 0 Å². The summed E-state index contributed by atoms with van der Waals surface area (Å²) >= 11 is 6.15. The molecule has 0 fully saturated rings. The van der Waals surface area contributed by atoms with E-state index in [1.54, 1.807) is 0 Å². The van der Waals surface area contributed by atoms with Crippen LogP contribution >= 0.6 is 11.6 Å². The van der Waals surface area contributed by atoms with E-state index in [4.69, 9.17) is 11.6 Å². The molecule has 2 aromatic carbocycles. The van der Waals surface area contributed by atoms with Gasteiger partial charge in [0.2, 0.25) is 0 Å². The second-order valence-corrected chi connectivity index (χ2v) is 5.95. The second kappa shape index (κ2) is 5.37. The van der Waals surface area contributed by atoms with Gasteiger partial charge in [0.1, 0.15) is 0 Å². The lowest BCUT2D eigenvalue weighted by Gasteiger charge is -2.40. The molecule has 3 heteroatoms. The number of halogens is 1.